The molecule has 0 atom stereocenters. The van der Waals surface area contributed by atoms with E-state index in [1.807, 2.05) is 36.4 Å². The van der Waals surface area contributed by atoms with Crippen LogP contribution in [-0.2, 0) is 0 Å². The van der Waals surface area contributed by atoms with Crippen molar-refractivity contribution in [2.24, 2.45) is 0 Å². The summed E-state index contributed by atoms with van der Waals surface area (Å²) in [5, 5.41) is 2.01. The minimum atomic E-state index is 0.770. The van der Waals surface area contributed by atoms with E-state index >= 15 is 0 Å². The molecule has 4 aliphatic rings. The van der Waals surface area contributed by atoms with Crippen LogP contribution in [0.4, 0.5) is 0 Å². The Kier molecular flexibility index (Phi) is 7.11. The molecule has 4 aliphatic heterocycles. The maximum Gasteiger partial charge on any atom is 0.143 e. The number of aromatic nitrogens is 8. The topological polar surface area (TPSA) is 128 Å². The number of para-hydroxylation sites is 2. The Hall–Kier alpha value is -8.56. The third-order valence-electron chi connectivity index (χ3n) is 11.5. The summed E-state index contributed by atoms with van der Waals surface area (Å²) < 4.78 is 7.18. The third kappa shape index (κ3) is 5.78. The average Bonchev–Trinajstić information content (AvgIpc) is 4.10. The number of hydrogen-bond acceptors (Lipinski definition) is 5. The molecule has 9 aromatic rings. The van der Waals surface area contributed by atoms with Gasteiger partial charge in [-0.1, -0.05) is 36.4 Å². The van der Waals surface area contributed by atoms with Crippen LogP contribution in [0.2, 0.25) is 0 Å². The standard InChI is InChI=1S/C52H32N8O/c1-3-41-42-4-2-6-44(50-47-21-17-39(59-47)27-35-13-9-31(55-35)24-32-10-14-36(56-32)28-40-18-22-48(50)60-40)52(42)61-51(41)43(5-1)49-45-19-15-37(57-45)25-33-11-7-29(53-33)23-30-8-12-34(54-30)26-38-16-20-46(49)58-38/h1-28,53,55,58,60H. The second-order valence-corrected chi connectivity index (χ2v) is 15.6. The maximum atomic E-state index is 7.18. The highest BCUT2D eigenvalue weighted by atomic mass is 16.3. The first-order chi connectivity index (χ1) is 30.1. The molecule has 0 saturated carbocycles. The second kappa shape index (κ2) is 13.0. The lowest BCUT2D eigenvalue weighted by Crippen LogP contribution is -1.86. The van der Waals surface area contributed by atoms with Gasteiger partial charge in [0.05, 0.1) is 45.6 Å². The number of nitrogens with one attached hydrogen (secondary N) is 4. The predicted octanol–water partition coefficient (Wildman–Crippen LogP) is 12.9. The molecule has 7 aromatic heterocycles. The van der Waals surface area contributed by atoms with Crippen LogP contribution in [-0.4, -0.2) is 39.9 Å². The average molecular weight is 785 g/mol. The second-order valence-electron chi connectivity index (χ2n) is 15.6. The van der Waals surface area contributed by atoms with Crippen molar-refractivity contribution in [2.45, 2.75) is 0 Å². The summed E-state index contributed by atoms with van der Waals surface area (Å²) in [4.78, 5) is 34.4. The van der Waals surface area contributed by atoms with E-state index in [4.69, 9.17) is 24.4 Å². The Balaban J connectivity index is 1.07. The number of furan rings is 1. The van der Waals surface area contributed by atoms with Crippen molar-refractivity contribution in [1.82, 2.24) is 39.9 Å². The fraction of sp³-hybridized carbons (Fsp3) is 0. The lowest BCUT2D eigenvalue weighted by molar-refractivity contribution is 0.671. The van der Waals surface area contributed by atoms with Crippen LogP contribution < -0.4 is 0 Å². The molecule has 0 radical (unpaired) electrons. The zero-order valence-corrected chi connectivity index (χ0v) is 32.4. The number of aromatic amines is 4. The molecule has 13 rings (SSSR count). The van der Waals surface area contributed by atoms with Crippen molar-refractivity contribution in [1.29, 1.82) is 0 Å². The van der Waals surface area contributed by atoms with Gasteiger partial charge in [-0.05, 0) is 134 Å². The van der Waals surface area contributed by atoms with Gasteiger partial charge in [0, 0.05) is 77.2 Å². The SMILES string of the molecule is C1=Cc2cc3ccc([nH]3)c(-c3cccc4c3oc3c(-c5c6nc(cc7ccc(cc8nc(cc9ccc5[nH]9)C=C8)[nH]7)C=C6)cccc34)c3nc(cc4ccc(cc1n2)[nH]4)C=C3. The van der Waals surface area contributed by atoms with E-state index in [2.05, 4.69) is 153 Å². The third-order valence-corrected chi connectivity index (χ3v) is 11.5. The lowest BCUT2D eigenvalue weighted by Gasteiger charge is -2.05. The Morgan fingerprint density at radius 2 is 0.672 bits per heavy atom. The molecule has 9 nitrogen and oxygen atoms in total. The molecule has 4 N–H and O–H groups in total. The Morgan fingerprint density at radius 1 is 0.328 bits per heavy atom. The number of benzene rings is 2. The molecule has 0 aliphatic carbocycles. The van der Waals surface area contributed by atoms with E-state index in [-0.39, 0.29) is 0 Å². The largest absolute Gasteiger partial charge is 0.455 e. The van der Waals surface area contributed by atoms with E-state index in [0.717, 1.165) is 134 Å². The molecule has 11 heterocycles. The van der Waals surface area contributed by atoms with Gasteiger partial charge in [-0.2, -0.15) is 0 Å². The van der Waals surface area contributed by atoms with Crippen molar-refractivity contribution >= 4 is 115 Å². The first-order valence-electron chi connectivity index (χ1n) is 20.2. The van der Waals surface area contributed by atoms with E-state index in [1.54, 1.807) is 0 Å². The smallest absolute Gasteiger partial charge is 0.143 e. The summed E-state index contributed by atoms with van der Waals surface area (Å²) in [5.74, 6) is 0. The fourth-order valence-corrected chi connectivity index (χ4v) is 8.80. The summed E-state index contributed by atoms with van der Waals surface area (Å²) >= 11 is 0. The van der Waals surface area contributed by atoms with Crippen LogP contribution in [0, 0.1) is 0 Å². The minimum Gasteiger partial charge on any atom is -0.455 e. The van der Waals surface area contributed by atoms with Crippen LogP contribution in [0.15, 0.2) is 126 Å². The summed E-state index contributed by atoms with van der Waals surface area (Å²) in [7, 11) is 0. The Labute approximate surface area is 346 Å². The minimum absolute atomic E-state index is 0.770. The van der Waals surface area contributed by atoms with Gasteiger partial charge >= 0.3 is 0 Å². The van der Waals surface area contributed by atoms with Crippen LogP contribution >= 0.6 is 0 Å². The van der Waals surface area contributed by atoms with E-state index in [1.165, 1.54) is 0 Å². The van der Waals surface area contributed by atoms with Crippen LogP contribution in [0.25, 0.3) is 137 Å². The molecule has 16 bridgehead atoms. The van der Waals surface area contributed by atoms with Crippen molar-refractivity contribution in [2.75, 3.05) is 0 Å². The molecular weight excluding hydrogens is 753 g/mol. The van der Waals surface area contributed by atoms with Crippen molar-refractivity contribution in [3.8, 4) is 22.3 Å². The molecule has 2 aromatic carbocycles. The van der Waals surface area contributed by atoms with Gasteiger partial charge in [-0.15, -0.1) is 0 Å². The molecule has 0 spiro atoms. The summed E-state index contributed by atoms with van der Waals surface area (Å²) in [6.45, 7) is 0. The van der Waals surface area contributed by atoms with Gasteiger partial charge in [-0.25, -0.2) is 19.9 Å². The van der Waals surface area contributed by atoms with Crippen LogP contribution in [0.3, 0.4) is 0 Å². The highest BCUT2D eigenvalue weighted by Gasteiger charge is 2.21. The highest BCUT2D eigenvalue weighted by Crippen LogP contribution is 2.43. The highest BCUT2D eigenvalue weighted by molar-refractivity contribution is 6.15. The number of hydrogen-bond donors (Lipinski definition) is 4. The fourth-order valence-electron chi connectivity index (χ4n) is 8.80. The predicted molar refractivity (Wildman–Crippen MR) is 249 cm³/mol. The van der Waals surface area contributed by atoms with Crippen LogP contribution in [0.5, 0.6) is 0 Å². The molecule has 0 saturated heterocycles. The first-order valence-corrected chi connectivity index (χ1v) is 20.2. The van der Waals surface area contributed by atoms with E-state index in [9.17, 15) is 0 Å². The van der Waals surface area contributed by atoms with Gasteiger partial charge in [0.25, 0.3) is 0 Å². The molecule has 0 amide bonds. The normalized spacial score (nSPS) is 13.0. The van der Waals surface area contributed by atoms with Gasteiger partial charge in [0.1, 0.15) is 11.2 Å². The molecule has 61 heavy (non-hydrogen) atoms. The number of rotatable bonds is 2. The number of H-pyrrole nitrogens is 4. The number of fused-ring (bicyclic) bond motifs is 19. The lowest BCUT2D eigenvalue weighted by atomic mass is 9.98. The van der Waals surface area contributed by atoms with Crippen molar-refractivity contribution in [3.05, 3.63) is 167 Å². The quantitative estimate of drug-likeness (QED) is 0.139. The summed E-state index contributed by atoms with van der Waals surface area (Å²) in [6.07, 6.45) is 16.4. The van der Waals surface area contributed by atoms with E-state index < -0.39 is 0 Å². The zero-order chi connectivity index (χ0) is 40.0. The zero-order valence-electron chi connectivity index (χ0n) is 32.4. The van der Waals surface area contributed by atoms with Crippen molar-refractivity contribution < 1.29 is 4.42 Å². The summed E-state index contributed by atoms with van der Waals surface area (Å²) in [6, 6.07) is 41.7. The van der Waals surface area contributed by atoms with Crippen molar-refractivity contribution in [3.63, 3.8) is 0 Å². The molecule has 9 heteroatoms. The summed E-state index contributed by atoms with van der Waals surface area (Å²) in [5.41, 5.74) is 19.7. The van der Waals surface area contributed by atoms with Crippen LogP contribution in [0.1, 0.15) is 45.6 Å². The van der Waals surface area contributed by atoms with E-state index in [0.29, 0.717) is 0 Å². The van der Waals surface area contributed by atoms with Gasteiger partial charge in [0.2, 0.25) is 0 Å². The first kappa shape index (κ1) is 33.4. The Morgan fingerprint density at radius 3 is 1.08 bits per heavy atom. The molecule has 0 fully saturated rings. The molecule has 286 valence electrons. The monoisotopic (exact) mass is 784 g/mol. The molecule has 0 unspecified atom stereocenters. The molecular formula is C52H32N8O. The van der Waals surface area contributed by atoms with Gasteiger partial charge < -0.3 is 24.4 Å². The van der Waals surface area contributed by atoms with Gasteiger partial charge in [-0.3, -0.25) is 0 Å². The van der Waals surface area contributed by atoms with Gasteiger partial charge in [0.15, 0.2) is 0 Å². The number of nitrogens with zero attached hydrogens (tertiary/aromatic N) is 4. The Bertz CT molecular complexity index is 3590. The maximum absolute atomic E-state index is 7.18.